The molecule has 0 radical (unpaired) electrons. The van der Waals surface area contributed by atoms with Gasteiger partial charge in [-0.25, -0.2) is 4.98 Å². The Bertz CT molecular complexity index is 260. The van der Waals surface area contributed by atoms with Crippen LogP contribution >= 0.6 is 15.9 Å². The van der Waals surface area contributed by atoms with Gasteiger partial charge in [0.15, 0.2) is 0 Å². The van der Waals surface area contributed by atoms with E-state index >= 15 is 0 Å². The molecule has 0 unspecified atom stereocenters. The van der Waals surface area contributed by atoms with Crippen LogP contribution in [0.1, 0.15) is 0 Å². The summed E-state index contributed by atoms with van der Waals surface area (Å²) in [7, 11) is 3.85. The van der Waals surface area contributed by atoms with E-state index < -0.39 is 0 Å². The summed E-state index contributed by atoms with van der Waals surface area (Å²) in [4.78, 5) is 6.04. The van der Waals surface area contributed by atoms with E-state index in [0.717, 1.165) is 10.3 Å². The van der Waals surface area contributed by atoms with Crippen LogP contribution in [-0.2, 0) is 0 Å². The number of pyridine rings is 1. The molecule has 11 heavy (non-hydrogen) atoms. The van der Waals surface area contributed by atoms with Crippen LogP contribution in [0.2, 0.25) is 0 Å². The number of halogens is 1. The maximum atomic E-state index is 5.64. The Hall–Kier alpha value is -0.770. The Morgan fingerprint density at radius 3 is 2.64 bits per heavy atom. The topological polar surface area (TPSA) is 42.1 Å². The van der Waals surface area contributed by atoms with Crippen molar-refractivity contribution in [1.29, 1.82) is 0 Å². The average Bonchev–Trinajstić information content (AvgIpc) is 1.94. The molecule has 0 atom stereocenters. The second-order valence-electron chi connectivity index (χ2n) is 2.46. The molecule has 0 amide bonds. The fourth-order valence-corrected chi connectivity index (χ4v) is 0.904. The van der Waals surface area contributed by atoms with Gasteiger partial charge in [0, 0.05) is 26.4 Å². The molecule has 4 heteroatoms. The number of rotatable bonds is 1. The van der Waals surface area contributed by atoms with Gasteiger partial charge in [0.05, 0.1) is 10.2 Å². The fraction of sp³-hybridized carbons (Fsp3) is 0.286. The van der Waals surface area contributed by atoms with E-state index in [1.165, 1.54) is 0 Å². The molecule has 1 aromatic heterocycles. The van der Waals surface area contributed by atoms with Crippen molar-refractivity contribution < 1.29 is 0 Å². The summed E-state index contributed by atoms with van der Waals surface area (Å²) < 4.78 is 0.836. The summed E-state index contributed by atoms with van der Waals surface area (Å²) in [5, 5.41) is 0. The van der Waals surface area contributed by atoms with Gasteiger partial charge in [-0.15, -0.1) is 0 Å². The Labute approximate surface area is 74.3 Å². The fourth-order valence-electron chi connectivity index (χ4n) is 0.687. The number of anilines is 2. The molecule has 0 saturated carbocycles. The van der Waals surface area contributed by atoms with Gasteiger partial charge in [0.1, 0.15) is 5.82 Å². The zero-order valence-corrected chi connectivity index (χ0v) is 8.09. The number of nitrogen functional groups attached to an aromatic ring is 1. The minimum atomic E-state index is 0.712. The van der Waals surface area contributed by atoms with Crippen LogP contribution < -0.4 is 10.6 Å². The Balaban J connectivity index is 3.05. The first kappa shape index (κ1) is 8.33. The van der Waals surface area contributed by atoms with Crippen LogP contribution in [-0.4, -0.2) is 19.1 Å². The number of nitrogens with two attached hydrogens (primary N) is 1. The summed E-state index contributed by atoms with van der Waals surface area (Å²) in [6.45, 7) is 0. The van der Waals surface area contributed by atoms with E-state index in [-0.39, 0.29) is 0 Å². The smallest absolute Gasteiger partial charge is 0.130 e. The Morgan fingerprint density at radius 2 is 2.18 bits per heavy atom. The highest BCUT2D eigenvalue weighted by Gasteiger charge is 1.99. The first-order valence-corrected chi connectivity index (χ1v) is 3.99. The third kappa shape index (κ3) is 1.83. The molecule has 0 aliphatic carbocycles. The molecular weight excluding hydrogens is 206 g/mol. The van der Waals surface area contributed by atoms with Crippen molar-refractivity contribution in [1.82, 2.24) is 4.98 Å². The minimum Gasteiger partial charge on any atom is -0.398 e. The second-order valence-corrected chi connectivity index (χ2v) is 3.31. The van der Waals surface area contributed by atoms with E-state index in [0.29, 0.717) is 5.69 Å². The van der Waals surface area contributed by atoms with Crippen LogP contribution in [0, 0.1) is 0 Å². The molecule has 1 heterocycles. The van der Waals surface area contributed by atoms with E-state index in [9.17, 15) is 0 Å². The number of nitrogens with zero attached hydrogens (tertiary/aromatic N) is 2. The molecule has 0 spiro atoms. The number of hydrogen-bond donors (Lipinski definition) is 1. The lowest BCUT2D eigenvalue weighted by molar-refractivity contribution is 1.07. The Kier molecular flexibility index (Phi) is 2.34. The maximum absolute atomic E-state index is 5.64. The van der Waals surface area contributed by atoms with E-state index in [4.69, 9.17) is 5.73 Å². The minimum absolute atomic E-state index is 0.712. The van der Waals surface area contributed by atoms with E-state index in [1.54, 1.807) is 6.20 Å². The lowest BCUT2D eigenvalue weighted by Crippen LogP contribution is -2.10. The second kappa shape index (κ2) is 3.09. The van der Waals surface area contributed by atoms with Gasteiger partial charge in [-0.1, -0.05) is 0 Å². The average molecular weight is 216 g/mol. The van der Waals surface area contributed by atoms with Crippen molar-refractivity contribution in [3.8, 4) is 0 Å². The van der Waals surface area contributed by atoms with Crippen molar-refractivity contribution in [3.05, 3.63) is 16.7 Å². The van der Waals surface area contributed by atoms with Crippen molar-refractivity contribution in [2.75, 3.05) is 24.7 Å². The predicted molar refractivity (Wildman–Crippen MR) is 50.7 cm³/mol. The first-order valence-electron chi connectivity index (χ1n) is 3.19. The summed E-state index contributed by atoms with van der Waals surface area (Å²) >= 11 is 3.27. The quantitative estimate of drug-likeness (QED) is 0.773. The molecule has 1 aromatic rings. The van der Waals surface area contributed by atoms with Gasteiger partial charge in [0.2, 0.25) is 0 Å². The van der Waals surface area contributed by atoms with Crippen LogP contribution in [0.4, 0.5) is 11.5 Å². The molecule has 0 aromatic carbocycles. The highest BCUT2D eigenvalue weighted by Crippen LogP contribution is 2.21. The van der Waals surface area contributed by atoms with Gasteiger partial charge in [-0.3, -0.25) is 0 Å². The number of hydrogen-bond acceptors (Lipinski definition) is 3. The highest BCUT2D eigenvalue weighted by molar-refractivity contribution is 9.10. The standard InChI is InChI=1S/C7H10BrN3/c1-11(2)7-3-6(9)5(8)4-10-7/h3-4H,1-2H3,(H2,9,10). The zero-order valence-electron chi connectivity index (χ0n) is 6.50. The highest BCUT2D eigenvalue weighted by atomic mass is 79.9. The molecule has 0 bridgehead atoms. The lowest BCUT2D eigenvalue weighted by atomic mass is 10.4. The molecule has 3 nitrogen and oxygen atoms in total. The van der Waals surface area contributed by atoms with Crippen LogP contribution in [0.25, 0.3) is 0 Å². The SMILES string of the molecule is CN(C)c1cc(N)c(Br)cn1. The summed E-state index contributed by atoms with van der Waals surface area (Å²) in [5.74, 6) is 0.866. The van der Waals surface area contributed by atoms with E-state index in [1.807, 2.05) is 25.1 Å². The molecule has 0 aliphatic heterocycles. The zero-order chi connectivity index (χ0) is 8.43. The van der Waals surface area contributed by atoms with Gasteiger partial charge < -0.3 is 10.6 Å². The van der Waals surface area contributed by atoms with Crippen LogP contribution in [0.15, 0.2) is 16.7 Å². The third-order valence-corrected chi connectivity index (χ3v) is 1.99. The van der Waals surface area contributed by atoms with Crippen molar-refractivity contribution in [2.45, 2.75) is 0 Å². The predicted octanol–water partition coefficient (Wildman–Crippen LogP) is 1.49. The summed E-state index contributed by atoms with van der Waals surface area (Å²) in [6.07, 6.45) is 1.70. The summed E-state index contributed by atoms with van der Waals surface area (Å²) in [5.41, 5.74) is 6.36. The van der Waals surface area contributed by atoms with E-state index in [2.05, 4.69) is 20.9 Å². The largest absolute Gasteiger partial charge is 0.398 e. The molecule has 0 fully saturated rings. The summed E-state index contributed by atoms with van der Waals surface area (Å²) in [6, 6.07) is 1.82. The van der Waals surface area contributed by atoms with Crippen molar-refractivity contribution in [3.63, 3.8) is 0 Å². The van der Waals surface area contributed by atoms with Gasteiger partial charge in [-0.2, -0.15) is 0 Å². The molecule has 0 saturated heterocycles. The number of aromatic nitrogens is 1. The van der Waals surface area contributed by atoms with Crippen molar-refractivity contribution >= 4 is 27.4 Å². The van der Waals surface area contributed by atoms with Gasteiger partial charge >= 0.3 is 0 Å². The van der Waals surface area contributed by atoms with Crippen LogP contribution in [0.5, 0.6) is 0 Å². The molecule has 60 valence electrons. The van der Waals surface area contributed by atoms with Gasteiger partial charge in [0.25, 0.3) is 0 Å². The lowest BCUT2D eigenvalue weighted by Gasteiger charge is -2.11. The molecular formula is C7H10BrN3. The molecule has 0 aliphatic rings. The van der Waals surface area contributed by atoms with Crippen molar-refractivity contribution in [2.24, 2.45) is 0 Å². The Morgan fingerprint density at radius 1 is 1.55 bits per heavy atom. The van der Waals surface area contributed by atoms with Crippen LogP contribution in [0.3, 0.4) is 0 Å². The monoisotopic (exact) mass is 215 g/mol. The first-order chi connectivity index (χ1) is 5.11. The molecule has 2 N–H and O–H groups in total. The molecule has 1 rings (SSSR count). The maximum Gasteiger partial charge on any atom is 0.130 e. The third-order valence-electron chi connectivity index (χ3n) is 1.33. The normalized spacial score (nSPS) is 9.73. The van der Waals surface area contributed by atoms with Gasteiger partial charge in [-0.05, 0) is 15.9 Å².